The third kappa shape index (κ3) is 4.12. The van der Waals surface area contributed by atoms with Crippen molar-refractivity contribution in [1.82, 2.24) is 9.88 Å². The molecule has 0 aliphatic heterocycles. The molecule has 2 aromatic carbocycles. The van der Waals surface area contributed by atoms with Crippen LogP contribution in [0.3, 0.4) is 0 Å². The third-order valence-electron chi connectivity index (χ3n) is 4.97. The van der Waals surface area contributed by atoms with Crippen LogP contribution in [0.5, 0.6) is 0 Å². The number of nitrogens with one attached hydrogen (secondary N) is 1. The van der Waals surface area contributed by atoms with Gasteiger partial charge in [0.15, 0.2) is 0 Å². The van der Waals surface area contributed by atoms with E-state index in [4.69, 9.17) is 11.6 Å². The smallest absolute Gasteiger partial charge is 0.262 e. The summed E-state index contributed by atoms with van der Waals surface area (Å²) in [5.74, 6) is -0.142. The minimum atomic E-state index is -0.124. The summed E-state index contributed by atoms with van der Waals surface area (Å²) in [6.07, 6.45) is 2.25. The van der Waals surface area contributed by atoms with E-state index in [9.17, 15) is 9.59 Å². The van der Waals surface area contributed by atoms with E-state index >= 15 is 0 Å². The number of carbonyl (C=O) groups excluding carboxylic acids is 2. The summed E-state index contributed by atoms with van der Waals surface area (Å²) >= 11 is 5.96. The maximum absolute atomic E-state index is 13.2. The van der Waals surface area contributed by atoms with Crippen LogP contribution in [0.25, 0.3) is 10.9 Å². The van der Waals surface area contributed by atoms with Gasteiger partial charge in [-0.25, -0.2) is 0 Å². The number of hydrogen-bond acceptors (Lipinski definition) is 2. The summed E-state index contributed by atoms with van der Waals surface area (Å²) in [5.41, 5.74) is 4.17. The van der Waals surface area contributed by atoms with Gasteiger partial charge >= 0.3 is 0 Å². The molecule has 0 saturated carbocycles. The van der Waals surface area contributed by atoms with Gasteiger partial charge in [-0.15, -0.1) is 0 Å². The molecular formula is C23H25ClN2O2. The van der Waals surface area contributed by atoms with E-state index in [0.29, 0.717) is 17.1 Å². The fourth-order valence-corrected chi connectivity index (χ4v) is 3.56. The molecular weight excluding hydrogens is 372 g/mol. The largest absolute Gasteiger partial charge is 0.356 e. The lowest BCUT2D eigenvalue weighted by Gasteiger charge is -2.08. The molecule has 0 saturated heterocycles. The van der Waals surface area contributed by atoms with E-state index in [1.807, 2.05) is 32.0 Å². The molecule has 1 amide bonds. The SMILES string of the molecule is CCCCNC(=O)Cc1c(C)n(C(=O)c2ccc(Cl)cc2)c2ccc(C)cc12. The Hall–Kier alpha value is -2.59. The summed E-state index contributed by atoms with van der Waals surface area (Å²) < 4.78 is 1.70. The molecule has 0 unspecified atom stereocenters. The van der Waals surface area contributed by atoms with Gasteiger partial charge in [0.1, 0.15) is 0 Å². The van der Waals surface area contributed by atoms with E-state index in [1.165, 1.54) is 0 Å². The quantitative estimate of drug-likeness (QED) is 0.592. The zero-order valence-corrected chi connectivity index (χ0v) is 17.3. The molecule has 146 valence electrons. The molecule has 0 radical (unpaired) electrons. The Labute approximate surface area is 170 Å². The van der Waals surface area contributed by atoms with E-state index < -0.39 is 0 Å². The number of benzene rings is 2. The van der Waals surface area contributed by atoms with Crippen LogP contribution in [0, 0.1) is 13.8 Å². The van der Waals surface area contributed by atoms with E-state index in [2.05, 4.69) is 12.2 Å². The number of amides is 1. The molecule has 1 heterocycles. The van der Waals surface area contributed by atoms with Crippen molar-refractivity contribution in [3.8, 4) is 0 Å². The molecule has 0 spiro atoms. The third-order valence-corrected chi connectivity index (χ3v) is 5.23. The van der Waals surface area contributed by atoms with Crippen LogP contribution in [0.1, 0.15) is 46.9 Å². The number of unbranched alkanes of at least 4 members (excludes halogenated alkanes) is 1. The van der Waals surface area contributed by atoms with E-state index in [1.54, 1.807) is 28.8 Å². The monoisotopic (exact) mass is 396 g/mol. The number of carbonyl (C=O) groups is 2. The highest BCUT2D eigenvalue weighted by Gasteiger charge is 2.21. The van der Waals surface area contributed by atoms with Gasteiger partial charge in [-0.1, -0.05) is 36.6 Å². The number of aromatic nitrogens is 1. The summed E-state index contributed by atoms with van der Waals surface area (Å²) in [7, 11) is 0. The predicted molar refractivity (Wildman–Crippen MR) is 114 cm³/mol. The first kappa shape index (κ1) is 20.2. The molecule has 0 aliphatic rings. The molecule has 3 rings (SSSR count). The van der Waals surface area contributed by atoms with Gasteiger partial charge in [-0.05, 0) is 62.2 Å². The van der Waals surface area contributed by atoms with Crippen molar-refractivity contribution in [3.05, 3.63) is 69.9 Å². The summed E-state index contributed by atoms with van der Waals surface area (Å²) in [4.78, 5) is 25.6. The van der Waals surface area contributed by atoms with E-state index in [0.717, 1.165) is 40.6 Å². The highest BCUT2D eigenvalue weighted by molar-refractivity contribution is 6.30. The van der Waals surface area contributed by atoms with Crippen LogP contribution in [0.2, 0.25) is 5.02 Å². The van der Waals surface area contributed by atoms with Gasteiger partial charge in [0.2, 0.25) is 5.91 Å². The van der Waals surface area contributed by atoms with Crippen LogP contribution in [0.4, 0.5) is 0 Å². The zero-order chi connectivity index (χ0) is 20.3. The Balaban J connectivity index is 2.04. The van der Waals surface area contributed by atoms with Crippen molar-refractivity contribution in [3.63, 3.8) is 0 Å². The van der Waals surface area contributed by atoms with Gasteiger partial charge in [0.25, 0.3) is 5.91 Å². The first-order valence-electron chi connectivity index (χ1n) is 9.60. The number of halogens is 1. The fourth-order valence-electron chi connectivity index (χ4n) is 3.43. The Bertz CT molecular complexity index is 1020. The Morgan fingerprint density at radius 1 is 1.07 bits per heavy atom. The second kappa shape index (κ2) is 8.61. The van der Waals surface area contributed by atoms with Crippen LogP contribution >= 0.6 is 11.6 Å². The molecule has 0 fully saturated rings. The molecule has 0 bridgehead atoms. The Morgan fingerprint density at radius 2 is 1.79 bits per heavy atom. The standard InChI is InChI=1S/C23H25ClN2O2/c1-4-5-12-25-22(27)14-19-16(3)26(21-11-6-15(2)13-20(19)21)23(28)17-7-9-18(24)10-8-17/h6-11,13H,4-5,12,14H2,1-3H3,(H,25,27). The predicted octanol–water partition coefficient (Wildman–Crippen LogP) is 5.06. The number of rotatable bonds is 6. The number of nitrogens with zero attached hydrogens (tertiary/aromatic N) is 1. The highest BCUT2D eigenvalue weighted by Crippen LogP contribution is 2.28. The molecule has 4 nitrogen and oxygen atoms in total. The van der Waals surface area contributed by atoms with Crippen molar-refractivity contribution in [2.24, 2.45) is 0 Å². The number of hydrogen-bond donors (Lipinski definition) is 1. The normalized spacial score (nSPS) is 11.0. The van der Waals surface area contributed by atoms with Gasteiger partial charge in [-0.3, -0.25) is 14.2 Å². The molecule has 1 aromatic heterocycles. The second-order valence-electron chi connectivity index (χ2n) is 7.11. The van der Waals surface area contributed by atoms with Crippen LogP contribution in [-0.2, 0) is 11.2 Å². The van der Waals surface area contributed by atoms with Crippen LogP contribution < -0.4 is 5.32 Å². The second-order valence-corrected chi connectivity index (χ2v) is 7.55. The van der Waals surface area contributed by atoms with Crippen molar-refractivity contribution in [2.45, 2.75) is 40.0 Å². The highest BCUT2D eigenvalue weighted by atomic mass is 35.5. The molecule has 0 atom stereocenters. The van der Waals surface area contributed by atoms with Gasteiger partial charge < -0.3 is 5.32 Å². The van der Waals surface area contributed by atoms with Crippen molar-refractivity contribution >= 4 is 34.3 Å². The van der Waals surface area contributed by atoms with Crippen LogP contribution in [-0.4, -0.2) is 22.9 Å². The Morgan fingerprint density at radius 3 is 2.46 bits per heavy atom. The molecule has 0 aliphatic carbocycles. The van der Waals surface area contributed by atoms with Crippen LogP contribution in [0.15, 0.2) is 42.5 Å². The first-order valence-corrected chi connectivity index (χ1v) is 9.97. The minimum Gasteiger partial charge on any atom is -0.356 e. The molecule has 5 heteroatoms. The van der Waals surface area contributed by atoms with E-state index in [-0.39, 0.29) is 18.2 Å². The maximum Gasteiger partial charge on any atom is 0.262 e. The lowest BCUT2D eigenvalue weighted by molar-refractivity contribution is -0.120. The minimum absolute atomic E-state index is 0.0175. The zero-order valence-electron chi connectivity index (χ0n) is 16.5. The van der Waals surface area contributed by atoms with Crippen molar-refractivity contribution in [1.29, 1.82) is 0 Å². The molecule has 3 aromatic rings. The van der Waals surface area contributed by atoms with Crippen molar-refractivity contribution < 1.29 is 9.59 Å². The lowest BCUT2D eigenvalue weighted by atomic mass is 10.1. The van der Waals surface area contributed by atoms with Gasteiger partial charge in [0, 0.05) is 28.2 Å². The Kier molecular flexibility index (Phi) is 6.20. The maximum atomic E-state index is 13.2. The first-order chi connectivity index (χ1) is 13.4. The van der Waals surface area contributed by atoms with Crippen molar-refractivity contribution in [2.75, 3.05) is 6.54 Å². The van der Waals surface area contributed by atoms with Gasteiger partial charge in [-0.2, -0.15) is 0 Å². The number of fused-ring (bicyclic) bond motifs is 1. The average Bonchev–Trinajstić information content (AvgIpc) is 2.93. The average molecular weight is 397 g/mol. The summed E-state index contributed by atoms with van der Waals surface area (Å²) in [5, 5.41) is 4.51. The lowest BCUT2D eigenvalue weighted by Crippen LogP contribution is -2.26. The fraction of sp³-hybridized carbons (Fsp3) is 0.304. The molecule has 1 N–H and O–H groups in total. The summed E-state index contributed by atoms with van der Waals surface area (Å²) in [6.45, 7) is 6.68. The molecule has 28 heavy (non-hydrogen) atoms. The summed E-state index contributed by atoms with van der Waals surface area (Å²) in [6, 6.07) is 12.8. The number of aryl methyl sites for hydroxylation is 1. The topological polar surface area (TPSA) is 51.1 Å². The van der Waals surface area contributed by atoms with Gasteiger partial charge in [0.05, 0.1) is 11.9 Å².